The highest BCUT2D eigenvalue weighted by Gasteiger charge is 2.31. The number of likely N-dealkylation sites (tertiary alicyclic amines) is 1. The first kappa shape index (κ1) is 14.7. The summed E-state index contributed by atoms with van der Waals surface area (Å²) >= 11 is 0. The molecule has 3 aromatic rings. The first-order valence-electron chi connectivity index (χ1n) is 8.18. The minimum absolute atomic E-state index is 0.0496. The van der Waals surface area contributed by atoms with Gasteiger partial charge in [-0.1, -0.05) is 6.07 Å². The minimum Gasteiger partial charge on any atom is -0.353 e. The smallest absolute Gasteiger partial charge is 0.318 e. The standard InChI is InChI=1S/C17H20N6O/c1-21-9-4-6-13(21)14-7-5-11-22(14)17(24)18-12-16-20-19-15-8-2-3-10-23(15)16/h2-4,6,8-10,14H,5,7,11-12H2,1H3,(H,18,24)/t14-/m1/s1. The van der Waals surface area contributed by atoms with Gasteiger partial charge in [0.05, 0.1) is 12.6 Å². The molecule has 0 aliphatic carbocycles. The summed E-state index contributed by atoms with van der Waals surface area (Å²) in [6.45, 7) is 1.14. The van der Waals surface area contributed by atoms with Crippen LogP contribution in [-0.2, 0) is 13.6 Å². The number of aromatic nitrogens is 4. The largest absolute Gasteiger partial charge is 0.353 e. The molecule has 0 radical (unpaired) electrons. The molecular weight excluding hydrogens is 304 g/mol. The van der Waals surface area contributed by atoms with Gasteiger partial charge in [0.25, 0.3) is 0 Å². The molecule has 1 fully saturated rings. The van der Waals surface area contributed by atoms with E-state index >= 15 is 0 Å². The monoisotopic (exact) mass is 324 g/mol. The maximum absolute atomic E-state index is 12.6. The van der Waals surface area contributed by atoms with E-state index in [1.54, 1.807) is 0 Å². The van der Waals surface area contributed by atoms with Crippen molar-refractivity contribution in [3.05, 3.63) is 54.2 Å². The normalized spacial score (nSPS) is 17.5. The van der Waals surface area contributed by atoms with Gasteiger partial charge in [0.15, 0.2) is 11.5 Å². The zero-order valence-corrected chi connectivity index (χ0v) is 13.6. The highest BCUT2D eigenvalue weighted by atomic mass is 16.2. The van der Waals surface area contributed by atoms with Crippen LogP contribution in [0.4, 0.5) is 4.79 Å². The van der Waals surface area contributed by atoms with Crippen LogP contribution in [0, 0.1) is 0 Å². The van der Waals surface area contributed by atoms with Gasteiger partial charge < -0.3 is 14.8 Å². The maximum Gasteiger partial charge on any atom is 0.318 e. The van der Waals surface area contributed by atoms with Crippen LogP contribution in [0.1, 0.15) is 30.4 Å². The number of pyridine rings is 1. The van der Waals surface area contributed by atoms with Crippen LogP contribution in [0.25, 0.3) is 5.65 Å². The molecule has 124 valence electrons. The Morgan fingerprint density at radius 1 is 1.25 bits per heavy atom. The Balaban J connectivity index is 1.47. The summed E-state index contributed by atoms with van der Waals surface area (Å²) in [6.07, 6.45) is 5.95. The third-order valence-electron chi connectivity index (χ3n) is 4.62. The summed E-state index contributed by atoms with van der Waals surface area (Å²) < 4.78 is 3.97. The molecule has 0 aromatic carbocycles. The number of aryl methyl sites for hydroxylation is 1. The van der Waals surface area contributed by atoms with Crippen molar-refractivity contribution in [1.82, 2.24) is 29.4 Å². The molecule has 7 nitrogen and oxygen atoms in total. The van der Waals surface area contributed by atoms with Crippen molar-refractivity contribution >= 4 is 11.7 Å². The van der Waals surface area contributed by atoms with Gasteiger partial charge in [-0.25, -0.2) is 4.79 Å². The SMILES string of the molecule is Cn1cccc1[C@H]1CCCN1C(=O)NCc1nnc2ccccn12. The molecule has 0 saturated carbocycles. The lowest BCUT2D eigenvalue weighted by atomic mass is 10.1. The zero-order valence-electron chi connectivity index (χ0n) is 13.6. The molecule has 1 atom stereocenters. The van der Waals surface area contributed by atoms with Crippen molar-refractivity contribution in [1.29, 1.82) is 0 Å². The zero-order chi connectivity index (χ0) is 16.5. The maximum atomic E-state index is 12.6. The molecule has 0 spiro atoms. The van der Waals surface area contributed by atoms with E-state index in [-0.39, 0.29) is 12.1 Å². The summed E-state index contributed by atoms with van der Waals surface area (Å²) in [6, 6.07) is 9.93. The van der Waals surface area contributed by atoms with E-state index in [4.69, 9.17) is 0 Å². The second kappa shape index (κ2) is 5.99. The molecule has 1 aliphatic rings. The first-order valence-corrected chi connectivity index (χ1v) is 8.18. The van der Waals surface area contributed by atoms with Crippen molar-refractivity contribution in [2.45, 2.75) is 25.4 Å². The van der Waals surface area contributed by atoms with Crippen molar-refractivity contribution in [3.63, 3.8) is 0 Å². The van der Waals surface area contributed by atoms with Crippen molar-refractivity contribution in [2.75, 3.05) is 6.54 Å². The van der Waals surface area contributed by atoms with E-state index in [1.807, 2.05) is 53.0 Å². The lowest BCUT2D eigenvalue weighted by Gasteiger charge is -2.25. The van der Waals surface area contributed by atoms with Crippen molar-refractivity contribution in [3.8, 4) is 0 Å². The number of urea groups is 1. The molecule has 4 heterocycles. The highest BCUT2D eigenvalue weighted by Crippen LogP contribution is 2.31. The second-order valence-corrected chi connectivity index (χ2v) is 6.10. The Labute approximate surface area is 139 Å². The second-order valence-electron chi connectivity index (χ2n) is 6.10. The van der Waals surface area contributed by atoms with Crippen LogP contribution in [0.2, 0.25) is 0 Å². The molecule has 1 aliphatic heterocycles. The summed E-state index contributed by atoms with van der Waals surface area (Å²) in [7, 11) is 2.02. The fourth-order valence-electron chi connectivity index (χ4n) is 3.41. The Morgan fingerprint density at radius 3 is 3.00 bits per heavy atom. The average Bonchev–Trinajstić information content (AvgIpc) is 3.31. The molecular formula is C17H20N6O. The number of hydrogen-bond acceptors (Lipinski definition) is 3. The third kappa shape index (κ3) is 2.51. The van der Waals surface area contributed by atoms with E-state index in [2.05, 4.69) is 26.1 Å². The van der Waals surface area contributed by atoms with Crippen LogP contribution in [0.3, 0.4) is 0 Å². The Kier molecular flexibility index (Phi) is 3.68. The number of rotatable bonds is 3. The molecule has 3 aromatic heterocycles. The van der Waals surface area contributed by atoms with Crippen molar-refractivity contribution < 1.29 is 4.79 Å². The fourth-order valence-corrected chi connectivity index (χ4v) is 3.41. The summed E-state index contributed by atoms with van der Waals surface area (Å²) in [5.74, 6) is 0.730. The number of nitrogens with zero attached hydrogens (tertiary/aromatic N) is 5. The predicted molar refractivity (Wildman–Crippen MR) is 89.3 cm³/mol. The molecule has 0 unspecified atom stereocenters. The number of amides is 2. The molecule has 7 heteroatoms. The third-order valence-corrected chi connectivity index (χ3v) is 4.62. The van der Waals surface area contributed by atoms with Gasteiger partial charge in [0, 0.05) is 31.7 Å². The average molecular weight is 324 g/mol. The topological polar surface area (TPSA) is 67.5 Å². The van der Waals surface area contributed by atoms with E-state index in [9.17, 15) is 4.79 Å². The first-order chi connectivity index (χ1) is 11.7. The minimum atomic E-state index is -0.0496. The van der Waals surface area contributed by atoms with E-state index in [0.717, 1.165) is 30.9 Å². The molecule has 24 heavy (non-hydrogen) atoms. The quantitative estimate of drug-likeness (QED) is 0.802. The summed E-state index contributed by atoms with van der Waals surface area (Å²) in [5.41, 5.74) is 1.96. The van der Waals surface area contributed by atoms with Crippen molar-refractivity contribution in [2.24, 2.45) is 7.05 Å². The van der Waals surface area contributed by atoms with Crippen LogP contribution < -0.4 is 5.32 Å². The van der Waals surface area contributed by atoms with Gasteiger partial charge in [-0.3, -0.25) is 4.40 Å². The van der Waals surface area contributed by atoms with Crippen LogP contribution in [0.15, 0.2) is 42.7 Å². The molecule has 1 N–H and O–H groups in total. The number of carbonyl (C=O) groups is 1. The van der Waals surface area contributed by atoms with Gasteiger partial charge in [-0.2, -0.15) is 0 Å². The molecule has 1 saturated heterocycles. The van der Waals surface area contributed by atoms with Gasteiger partial charge in [0.2, 0.25) is 0 Å². The Bertz CT molecular complexity index is 867. The fraction of sp³-hybridized carbons (Fsp3) is 0.353. The van der Waals surface area contributed by atoms with E-state index in [1.165, 1.54) is 5.69 Å². The van der Waals surface area contributed by atoms with Gasteiger partial charge in [-0.15, -0.1) is 10.2 Å². The Morgan fingerprint density at radius 2 is 2.17 bits per heavy atom. The molecule has 2 amide bonds. The van der Waals surface area contributed by atoms with Crippen LogP contribution >= 0.6 is 0 Å². The van der Waals surface area contributed by atoms with Crippen LogP contribution in [0.5, 0.6) is 0 Å². The van der Waals surface area contributed by atoms with E-state index in [0.29, 0.717) is 6.54 Å². The summed E-state index contributed by atoms with van der Waals surface area (Å²) in [5, 5.41) is 11.2. The lowest BCUT2D eigenvalue weighted by molar-refractivity contribution is 0.190. The van der Waals surface area contributed by atoms with Gasteiger partial charge in [-0.05, 0) is 37.1 Å². The van der Waals surface area contributed by atoms with Gasteiger partial charge in [0.1, 0.15) is 0 Å². The number of nitrogens with one attached hydrogen (secondary N) is 1. The van der Waals surface area contributed by atoms with Gasteiger partial charge >= 0.3 is 6.03 Å². The molecule has 0 bridgehead atoms. The molecule has 4 rings (SSSR count). The highest BCUT2D eigenvalue weighted by molar-refractivity contribution is 5.75. The predicted octanol–water partition coefficient (Wildman–Crippen LogP) is 2.11. The van der Waals surface area contributed by atoms with Crippen LogP contribution in [-0.4, -0.2) is 36.6 Å². The van der Waals surface area contributed by atoms with E-state index < -0.39 is 0 Å². The summed E-state index contributed by atoms with van der Waals surface area (Å²) in [4.78, 5) is 14.6. The Hall–Kier alpha value is -2.83. The number of fused-ring (bicyclic) bond motifs is 1. The number of hydrogen-bond donors (Lipinski definition) is 1. The number of carbonyl (C=O) groups excluding carboxylic acids is 1. The lowest BCUT2D eigenvalue weighted by Crippen LogP contribution is -2.39.